The Morgan fingerprint density at radius 1 is 0.581 bits per heavy atom. The maximum absolute atomic E-state index is 5.21. The first-order chi connectivity index (χ1) is 20.6. The number of para-hydroxylation sites is 2. The molecule has 214 valence electrons. The van der Waals surface area contributed by atoms with Crippen LogP contribution >= 0.6 is 11.3 Å². The highest BCUT2D eigenvalue weighted by molar-refractivity contribution is 7.21. The van der Waals surface area contributed by atoms with Gasteiger partial charge in [0.25, 0.3) is 0 Å². The van der Waals surface area contributed by atoms with Crippen LogP contribution in [0.25, 0.3) is 43.0 Å². The Balaban J connectivity index is 1.37. The van der Waals surface area contributed by atoms with E-state index >= 15 is 0 Å². The fourth-order valence-corrected chi connectivity index (χ4v) is 6.35. The molecular formula is C40H38N2S. The molecule has 0 aliphatic carbocycles. The zero-order valence-electron chi connectivity index (χ0n) is 25.8. The second kappa shape index (κ2) is 11.4. The lowest BCUT2D eigenvalue weighted by Crippen LogP contribution is -2.11. The SMILES string of the molecule is CC(C)(C)c1cccc(C=Nc2ccccc2-c2nc3c(-c4cccc(-c5cccc(C(C)(C)C)c5)c4)cccc3s2)c1. The minimum atomic E-state index is 0.0937. The van der Waals surface area contributed by atoms with Gasteiger partial charge in [-0.15, -0.1) is 11.3 Å². The number of rotatable bonds is 5. The summed E-state index contributed by atoms with van der Waals surface area (Å²) < 4.78 is 1.17. The highest BCUT2D eigenvalue weighted by Gasteiger charge is 2.17. The van der Waals surface area contributed by atoms with Crippen LogP contribution in [0, 0.1) is 0 Å². The molecule has 5 aromatic carbocycles. The average molecular weight is 579 g/mol. The second-order valence-corrected chi connectivity index (χ2v) is 14.3. The Morgan fingerprint density at radius 2 is 1.19 bits per heavy atom. The number of aliphatic imine (C=N–C) groups is 1. The summed E-state index contributed by atoms with van der Waals surface area (Å²) in [6.07, 6.45) is 1.97. The number of hydrogen-bond acceptors (Lipinski definition) is 3. The van der Waals surface area contributed by atoms with E-state index in [0.717, 1.165) is 32.9 Å². The molecule has 0 atom stereocenters. The number of aromatic nitrogens is 1. The maximum atomic E-state index is 5.21. The monoisotopic (exact) mass is 578 g/mol. The summed E-state index contributed by atoms with van der Waals surface area (Å²) in [5.74, 6) is 0. The highest BCUT2D eigenvalue weighted by Crippen LogP contribution is 2.40. The summed E-state index contributed by atoms with van der Waals surface area (Å²) in [6.45, 7) is 13.5. The van der Waals surface area contributed by atoms with E-state index in [-0.39, 0.29) is 10.8 Å². The molecule has 6 aromatic rings. The van der Waals surface area contributed by atoms with Gasteiger partial charge in [0.05, 0.1) is 15.9 Å². The molecule has 0 N–H and O–H groups in total. The minimum Gasteiger partial charge on any atom is -0.256 e. The summed E-state index contributed by atoms with van der Waals surface area (Å²) in [5, 5.41) is 0.979. The van der Waals surface area contributed by atoms with Crippen LogP contribution < -0.4 is 0 Å². The molecule has 1 heterocycles. The van der Waals surface area contributed by atoms with Gasteiger partial charge in [0, 0.05) is 17.3 Å². The zero-order valence-corrected chi connectivity index (χ0v) is 26.7. The lowest BCUT2D eigenvalue weighted by Gasteiger charge is -2.20. The first kappa shape index (κ1) is 28.8. The van der Waals surface area contributed by atoms with Crippen LogP contribution in [0.2, 0.25) is 0 Å². The zero-order chi connectivity index (χ0) is 30.2. The molecule has 1 aromatic heterocycles. The molecule has 6 rings (SSSR count). The van der Waals surface area contributed by atoms with Crippen LogP contribution in [0.1, 0.15) is 58.2 Å². The Kier molecular flexibility index (Phi) is 7.62. The first-order valence-electron chi connectivity index (χ1n) is 14.9. The van der Waals surface area contributed by atoms with Gasteiger partial charge in [0.2, 0.25) is 0 Å². The van der Waals surface area contributed by atoms with Crippen molar-refractivity contribution in [2.75, 3.05) is 0 Å². The maximum Gasteiger partial charge on any atom is 0.126 e. The smallest absolute Gasteiger partial charge is 0.126 e. The van der Waals surface area contributed by atoms with Crippen LogP contribution in [0.15, 0.2) is 120 Å². The van der Waals surface area contributed by atoms with E-state index < -0.39 is 0 Å². The number of fused-ring (bicyclic) bond motifs is 1. The van der Waals surface area contributed by atoms with Gasteiger partial charge in [-0.3, -0.25) is 4.99 Å². The summed E-state index contributed by atoms with van der Waals surface area (Å²) in [4.78, 5) is 10.2. The Hall–Kier alpha value is -4.34. The van der Waals surface area contributed by atoms with Gasteiger partial charge in [0.1, 0.15) is 5.01 Å². The Morgan fingerprint density at radius 3 is 1.95 bits per heavy atom. The quantitative estimate of drug-likeness (QED) is 0.187. The minimum absolute atomic E-state index is 0.0937. The largest absolute Gasteiger partial charge is 0.256 e. The molecule has 0 fully saturated rings. The van der Waals surface area contributed by atoms with E-state index in [0.29, 0.717) is 0 Å². The van der Waals surface area contributed by atoms with Crippen LogP contribution in [0.3, 0.4) is 0 Å². The molecule has 0 unspecified atom stereocenters. The second-order valence-electron chi connectivity index (χ2n) is 13.2. The van der Waals surface area contributed by atoms with Crippen molar-refractivity contribution < 1.29 is 0 Å². The van der Waals surface area contributed by atoms with Crippen molar-refractivity contribution in [2.24, 2.45) is 4.99 Å². The van der Waals surface area contributed by atoms with Crippen molar-refractivity contribution in [2.45, 2.75) is 52.4 Å². The third-order valence-electron chi connectivity index (χ3n) is 7.89. The molecule has 0 spiro atoms. The van der Waals surface area contributed by atoms with E-state index in [2.05, 4.69) is 151 Å². The van der Waals surface area contributed by atoms with Gasteiger partial charge in [-0.25, -0.2) is 4.98 Å². The van der Waals surface area contributed by atoms with Crippen molar-refractivity contribution in [1.29, 1.82) is 0 Å². The van der Waals surface area contributed by atoms with E-state index in [1.165, 1.54) is 32.5 Å². The molecule has 43 heavy (non-hydrogen) atoms. The van der Waals surface area contributed by atoms with Crippen molar-refractivity contribution in [3.63, 3.8) is 0 Å². The summed E-state index contributed by atoms with van der Waals surface area (Å²) in [6, 6.07) is 41.2. The molecule has 0 radical (unpaired) electrons. The number of hydrogen-bond donors (Lipinski definition) is 0. The fourth-order valence-electron chi connectivity index (χ4n) is 5.32. The van der Waals surface area contributed by atoms with Gasteiger partial charge in [-0.05, 0) is 74.5 Å². The molecule has 0 aliphatic rings. The molecule has 0 saturated carbocycles. The molecule has 3 heteroatoms. The standard InChI is InChI=1S/C40H38N2S/c1-39(2,3)31-17-9-13-27(23-31)26-41-35-21-8-7-19-34(35)38-42-37-33(20-12-22-36(37)43-38)30-16-10-14-28(24-30)29-15-11-18-32(25-29)40(4,5)6/h7-26H,1-6H3. The van der Waals surface area contributed by atoms with Crippen LogP contribution in [-0.4, -0.2) is 11.2 Å². The van der Waals surface area contributed by atoms with E-state index in [1.54, 1.807) is 11.3 Å². The Bertz CT molecular complexity index is 1950. The lowest BCUT2D eigenvalue weighted by atomic mass is 9.85. The first-order valence-corrected chi connectivity index (χ1v) is 15.7. The van der Waals surface area contributed by atoms with Gasteiger partial charge < -0.3 is 0 Å². The van der Waals surface area contributed by atoms with Crippen LogP contribution in [0.4, 0.5) is 5.69 Å². The molecule has 0 amide bonds. The predicted octanol–water partition coefficient (Wildman–Crippen LogP) is 11.6. The normalized spacial score (nSPS) is 12.3. The van der Waals surface area contributed by atoms with Crippen molar-refractivity contribution in [3.05, 3.63) is 132 Å². The summed E-state index contributed by atoms with van der Waals surface area (Å²) >= 11 is 1.72. The predicted molar refractivity (Wildman–Crippen MR) is 187 cm³/mol. The number of nitrogens with zero attached hydrogens (tertiary/aromatic N) is 2. The lowest BCUT2D eigenvalue weighted by molar-refractivity contribution is 0.590. The molecule has 0 saturated heterocycles. The number of thiazole rings is 1. The fraction of sp³-hybridized carbons (Fsp3) is 0.200. The van der Waals surface area contributed by atoms with Crippen LogP contribution in [-0.2, 0) is 10.8 Å². The van der Waals surface area contributed by atoms with Gasteiger partial charge in [-0.1, -0.05) is 126 Å². The van der Waals surface area contributed by atoms with Crippen molar-refractivity contribution in [1.82, 2.24) is 4.98 Å². The third-order valence-corrected chi connectivity index (χ3v) is 8.95. The van der Waals surface area contributed by atoms with E-state index in [9.17, 15) is 0 Å². The molecule has 2 nitrogen and oxygen atoms in total. The van der Waals surface area contributed by atoms with Gasteiger partial charge in [-0.2, -0.15) is 0 Å². The molecule has 0 aliphatic heterocycles. The average Bonchev–Trinajstić information content (AvgIpc) is 3.44. The van der Waals surface area contributed by atoms with Gasteiger partial charge in [0.15, 0.2) is 0 Å². The summed E-state index contributed by atoms with van der Waals surface area (Å²) in [7, 11) is 0. The van der Waals surface area contributed by atoms with Crippen molar-refractivity contribution >= 4 is 33.5 Å². The van der Waals surface area contributed by atoms with E-state index in [4.69, 9.17) is 9.98 Å². The van der Waals surface area contributed by atoms with Gasteiger partial charge >= 0.3 is 0 Å². The number of benzene rings is 5. The van der Waals surface area contributed by atoms with E-state index in [1.807, 2.05) is 12.3 Å². The van der Waals surface area contributed by atoms with Crippen LogP contribution in [0.5, 0.6) is 0 Å². The highest BCUT2D eigenvalue weighted by atomic mass is 32.1. The van der Waals surface area contributed by atoms with Crippen molar-refractivity contribution in [3.8, 4) is 32.8 Å². The molecule has 0 bridgehead atoms. The Labute approximate surface area is 259 Å². The topological polar surface area (TPSA) is 25.2 Å². The summed E-state index contributed by atoms with van der Waals surface area (Å²) in [5.41, 5.74) is 11.7. The molecular weight excluding hydrogens is 541 g/mol. The third kappa shape index (κ3) is 6.23.